The Balaban J connectivity index is 1.28. The van der Waals surface area contributed by atoms with Crippen molar-refractivity contribution in [2.24, 2.45) is 23.7 Å². The molecule has 22 heavy (non-hydrogen) atoms. The van der Waals surface area contributed by atoms with Crippen molar-refractivity contribution < 1.29 is 4.79 Å². The first-order valence-electron chi connectivity index (χ1n) is 9.39. The van der Waals surface area contributed by atoms with Crippen molar-refractivity contribution in [2.75, 3.05) is 26.7 Å². The fourth-order valence-electron chi connectivity index (χ4n) is 6.00. The average Bonchev–Trinajstić information content (AvgIpc) is 2.61. The molecule has 3 saturated carbocycles. The molecule has 0 aromatic carbocycles. The molecular weight excluding hydrogens is 274 g/mol. The summed E-state index contributed by atoms with van der Waals surface area (Å²) in [7, 11) is 2.18. The van der Waals surface area contributed by atoms with Crippen LogP contribution in [0.15, 0.2) is 0 Å². The fourth-order valence-corrected chi connectivity index (χ4v) is 6.00. The molecule has 2 bridgehead atoms. The molecule has 0 aromatic heterocycles. The molecule has 4 nitrogen and oxygen atoms in total. The Kier molecular flexibility index (Phi) is 3.83. The molecule has 2 N–H and O–H groups in total. The SMILES string of the molecule is CN1CCCC(CNC(=O)NC23CC4CCCC(C2)C3C4)C1. The third kappa shape index (κ3) is 2.64. The van der Waals surface area contributed by atoms with Crippen LogP contribution >= 0.6 is 0 Å². The molecule has 1 aliphatic heterocycles. The summed E-state index contributed by atoms with van der Waals surface area (Å²) >= 11 is 0. The largest absolute Gasteiger partial charge is 0.338 e. The van der Waals surface area contributed by atoms with E-state index in [4.69, 9.17) is 0 Å². The molecule has 2 amide bonds. The Labute approximate surface area is 134 Å². The summed E-state index contributed by atoms with van der Waals surface area (Å²) < 4.78 is 0. The van der Waals surface area contributed by atoms with Gasteiger partial charge in [-0.15, -0.1) is 0 Å². The second-order valence-corrected chi connectivity index (χ2v) is 8.57. The third-order valence-corrected chi connectivity index (χ3v) is 6.97. The van der Waals surface area contributed by atoms with Crippen LogP contribution in [0.3, 0.4) is 0 Å². The molecule has 0 aromatic rings. The van der Waals surface area contributed by atoms with Crippen molar-refractivity contribution in [1.82, 2.24) is 15.5 Å². The highest BCUT2D eigenvalue weighted by molar-refractivity contribution is 5.75. The summed E-state index contributed by atoms with van der Waals surface area (Å²) in [5.74, 6) is 3.19. The molecule has 0 radical (unpaired) electrons. The maximum absolute atomic E-state index is 12.4. The number of urea groups is 1. The molecule has 4 aliphatic rings. The number of nitrogens with zero attached hydrogens (tertiary/aromatic N) is 1. The normalized spacial score (nSPS) is 44.0. The monoisotopic (exact) mass is 305 g/mol. The van der Waals surface area contributed by atoms with E-state index in [9.17, 15) is 4.79 Å². The van der Waals surface area contributed by atoms with Gasteiger partial charge in [-0.05, 0) is 75.8 Å². The van der Waals surface area contributed by atoms with Crippen molar-refractivity contribution in [1.29, 1.82) is 0 Å². The summed E-state index contributed by atoms with van der Waals surface area (Å²) in [5, 5.41) is 6.58. The van der Waals surface area contributed by atoms with E-state index in [1.807, 2.05) is 0 Å². The molecule has 1 heterocycles. The molecule has 124 valence electrons. The second kappa shape index (κ2) is 5.70. The van der Waals surface area contributed by atoms with E-state index < -0.39 is 0 Å². The Morgan fingerprint density at radius 1 is 1.23 bits per heavy atom. The molecule has 4 fully saturated rings. The Bertz CT molecular complexity index is 438. The molecule has 5 atom stereocenters. The smallest absolute Gasteiger partial charge is 0.315 e. The minimum Gasteiger partial charge on any atom is -0.338 e. The van der Waals surface area contributed by atoms with E-state index >= 15 is 0 Å². The summed E-state index contributed by atoms with van der Waals surface area (Å²) in [4.78, 5) is 14.8. The molecule has 3 aliphatic carbocycles. The Morgan fingerprint density at radius 3 is 3.00 bits per heavy atom. The number of nitrogens with one attached hydrogen (secondary N) is 2. The lowest BCUT2D eigenvalue weighted by Gasteiger charge is -2.52. The van der Waals surface area contributed by atoms with E-state index in [-0.39, 0.29) is 11.6 Å². The molecule has 1 saturated heterocycles. The summed E-state index contributed by atoms with van der Waals surface area (Å²) in [5.41, 5.74) is 0.170. The number of piperidine rings is 1. The fraction of sp³-hybridized carbons (Fsp3) is 0.944. The van der Waals surface area contributed by atoms with Gasteiger partial charge >= 0.3 is 6.03 Å². The van der Waals surface area contributed by atoms with Crippen molar-refractivity contribution >= 4 is 6.03 Å². The minimum atomic E-state index is 0.0953. The number of hydrogen-bond donors (Lipinski definition) is 2. The summed E-state index contributed by atoms with van der Waals surface area (Å²) in [6.45, 7) is 3.16. The van der Waals surface area contributed by atoms with Gasteiger partial charge in [-0.1, -0.05) is 12.8 Å². The highest BCUT2D eigenvalue weighted by Crippen LogP contribution is 2.60. The van der Waals surface area contributed by atoms with Crippen LogP contribution in [-0.2, 0) is 0 Å². The van der Waals surface area contributed by atoms with Crippen molar-refractivity contribution in [2.45, 2.75) is 56.9 Å². The second-order valence-electron chi connectivity index (χ2n) is 8.57. The first-order valence-corrected chi connectivity index (χ1v) is 9.39. The number of fused-ring (bicyclic) bond motifs is 1. The zero-order valence-electron chi connectivity index (χ0n) is 13.9. The maximum Gasteiger partial charge on any atom is 0.315 e. The standard InChI is InChI=1S/C18H31N3O/c1-21-7-3-5-14(12-21)11-19-17(22)20-18-9-13-4-2-6-15(10-18)16(18)8-13/h13-16H,2-12H2,1H3,(H2,19,20,22). The van der Waals surface area contributed by atoms with Crippen molar-refractivity contribution in [3.05, 3.63) is 0 Å². The molecule has 0 spiro atoms. The Morgan fingerprint density at radius 2 is 2.14 bits per heavy atom. The van der Waals surface area contributed by atoms with E-state index in [2.05, 4.69) is 22.6 Å². The van der Waals surface area contributed by atoms with Gasteiger partial charge < -0.3 is 15.5 Å². The van der Waals surface area contributed by atoms with Gasteiger partial charge in [0.2, 0.25) is 0 Å². The van der Waals surface area contributed by atoms with Crippen LogP contribution in [0, 0.1) is 23.7 Å². The van der Waals surface area contributed by atoms with Crippen LogP contribution in [0.4, 0.5) is 4.79 Å². The lowest BCUT2D eigenvalue weighted by Crippen LogP contribution is -2.63. The van der Waals surface area contributed by atoms with Gasteiger partial charge in [-0.25, -0.2) is 4.79 Å². The molecular formula is C18H31N3O. The lowest BCUT2D eigenvalue weighted by molar-refractivity contribution is 0.0327. The number of hydrogen-bond acceptors (Lipinski definition) is 2. The number of rotatable bonds is 3. The highest BCUT2D eigenvalue weighted by Gasteiger charge is 2.60. The number of amides is 2. The van der Waals surface area contributed by atoms with Crippen LogP contribution in [0.2, 0.25) is 0 Å². The predicted octanol–water partition coefficient (Wildman–Crippen LogP) is 2.60. The Hall–Kier alpha value is -0.770. The third-order valence-electron chi connectivity index (χ3n) is 6.97. The van der Waals surface area contributed by atoms with Gasteiger partial charge in [-0.3, -0.25) is 0 Å². The predicted molar refractivity (Wildman–Crippen MR) is 87.7 cm³/mol. The van der Waals surface area contributed by atoms with Gasteiger partial charge in [0.05, 0.1) is 0 Å². The summed E-state index contributed by atoms with van der Waals surface area (Å²) in [6, 6.07) is 0.0953. The first-order chi connectivity index (χ1) is 10.6. The zero-order valence-corrected chi connectivity index (χ0v) is 13.9. The molecule has 4 rings (SSSR count). The van der Waals surface area contributed by atoms with E-state index in [1.54, 1.807) is 0 Å². The molecule has 5 unspecified atom stereocenters. The number of carbonyl (C=O) groups excluding carboxylic acids is 1. The minimum absolute atomic E-state index is 0.0953. The van der Waals surface area contributed by atoms with Gasteiger partial charge in [0, 0.05) is 18.6 Å². The van der Waals surface area contributed by atoms with Gasteiger partial charge in [0.25, 0.3) is 0 Å². The van der Waals surface area contributed by atoms with Crippen molar-refractivity contribution in [3.63, 3.8) is 0 Å². The highest BCUT2D eigenvalue weighted by atomic mass is 16.2. The van der Waals surface area contributed by atoms with E-state index in [0.29, 0.717) is 5.92 Å². The van der Waals surface area contributed by atoms with Crippen LogP contribution < -0.4 is 10.6 Å². The van der Waals surface area contributed by atoms with Crippen LogP contribution in [0.25, 0.3) is 0 Å². The zero-order chi connectivity index (χ0) is 15.2. The quantitative estimate of drug-likeness (QED) is 0.842. The van der Waals surface area contributed by atoms with Crippen molar-refractivity contribution in [3.8, 4) is 0 Å². The van der Waals surface area contributed by atoms with Crippen LogP contribution in [0.1, 0.15) is 51.4 Å². The van der Waals surface area contributed by atoms with E-state index in [1.165, 1.54) is 57.9 Å². The lowest BCUT2D eigenvalue weighted by atomic mass is 9.59. The summed E-state index contributed by atoms with van der Waals surface area (Å²) in [6.07, 6.45) is 10.6. The van der Waals surface area contributed by atoms with Gasteiger partial charge in [0.15, 0.2) is 0 Å². The van der Waals surface area contributed by atoms with Crippen LogP contribution in [-0.4, -0.2) is 43.2 Å². The maximum atomic E-state index is 12.4. The first kappa shape index (κ1) is 14.8. The van der Waals surface area contributed by atoms with Gasteiger partial charge in [0.1, 0.15) is 0 Å². The number of carbonyl (C=O) groups is 1. The van der Waals surface area contributed by atoms with Gasteiger partial charge in [-0.2, -0.15) is 0 Å². The van der Waals surface area contributed by atoms with E-state index in [0.717, 1.165) is 30.8 Å². The topological polar surface area (TPSA) is 44.4 Å². The van der Waals surface area contributed by atoms with Crippen LogP contribution in [0.5, 0.6) is 0 Å². The average molecular weight is 305 g/mol. The number of likely N-dealkylation sites (tertiary alicyclic amines) is 1. The molecule has 4 heteroatoms.